The maximum atomic E-state index is 12.4. The van der Waals surface area contributed by atoms with Crippen molar-refractivity contribution < 1.29 is 13.2 Å². The van der Waals surface area contributed by atoms with Crippen LogP contribution in [0.5, 0.6) is 0 Å². The summed E-state index contributed by atoms with van der Waals surface area (Å²) in [7, 11) is -1.98. The molecule has 7 heteroatoms. The molecule has 1 saturated heterocycles. The van der Waals surface area contributed by atoms with Gasteiger partial charge in [-0.05, 0) is 42.8 Å². The number of ether oxygens (including phenoxy) is 1. The number of methoxy groups -OCH3 is 1. The fourth-order valence-corrected chi connectivity index (χ4v) is 4.35. The molecule has 1 aliphatic heterocycles. The van der Waals surface area contributed by atoms with Crippen molar-refractivity contribution in [3.05, 3.63) is 53.6 Å². The summed E-state index contributed by atoms with van der Waals surface area (Å²) in [5.41, 5.74) is 1.55. The Labute approximate surface area is 147 Å². The highest BCUT2D eigenvalue weighted by molar-refractivity contribution is 7.92. The largest absolute Gasteiger partial charge is 0.380 e. The SMILES string of the molecule is CO[C@@H]1CCN(c2ccc(NS(=O)(=O)c3ccccc3Cl)cc2)C1. The molecule has 1 N–H and O–H groups in total. The molecular formula is C17H19ClN2O3S. The first-order valence-electron chi connectivity index (χ1n) is 7.65. The fourth-order valence-electron chi connectivity index (χ4n) is 2.77. The second-order valence-electron chi connectivity index (χ2n) is 5.68. The monoisotopic (exact) mass is 366 g/mol. The molecule has 0 aromatic heterocycles. The van der Waals surface area contributed by atoms with Crippen LogP contribution in [0.3, 0.4) is 0 Å². The number of hydrogen-bond donors (Lipinski definition) is 1. The minimum absolute atomic E-state index is 0.0678. The van der Waals surface area contributed by atoms with Crippen molar-refractivity contribution in [1.82, 2.24) is 0 Å². The van der Waals surface area contributed by atoms with Crippen molar-refractivity contribution >= 4 is 33.0 Å². The summed E-state index contributed by atoms with van der Waals surface area (Å²) < 4.78 is 32.8. The minimum atomic E-state index is -3.70. The standard InChI is InChI=1S/C17H19ClN2O3S/c1-23-15-10-11-20(12-15)14-8-6-13(7-9-14)19-24(21,22)17-5-3-2-4-16(17)18/h2-9,15,19H,10-12H2,1H3/t15-/m1/s1. The maximum Gasteiger partial charge on any atom is 0.263 e. The van der Waals surface area contributed by atoms with Crippen LogP contribution >= 0.6 is 11.6 Å². The smallest absolute Gasteiger partial charge is 0.263 e. The molecule has 0 aliphatic carbocycles. The molecule has 128 valence electrons. The van der Waals surface area contributed by atoms with Gasteiger partial charge in [-0.1, -0.05) is 23.7 Å². The molecule has 0 unspecified atom stereocenters. The molecular weight excluding hydrogens is 348 g/mol. The van der Waals surface area contributed by atoms with Crippen LogP contribution in [0.25, 0.3) is 0 Å². The quantitative estimate of drug-likeness (QED) is 0.881. The molecule has 0 bridgehead atoms. The fraction of sp³-hybridized carbons (Fsp3) is 0.294. The minimum Gasteiger partial charge on any atom is -0.380 e. The van der Waals surface area contributed by atoms with Gasteiger partial charge in [0.1, 0.15) is 4.90 Å². The molecule has 0 spiro atoms. The van der Waals surface area contributed by atoms with Crippen molar-refractivity contribution in [1.29, 1.82) is 0 Å². The van der Waals surface area contributed by atoms with E-state index in [0.717, 1.165) is 25.2 Å². The Balaban J connectivity index is 1.74. The van der Waals surface area contributed by atoms with Crippen molar-refractivity contribution in [2.45, 2.75) is 17.4 Å². The zero-order valence-corrected chi connectivity index (χ0v) is 14.8. The highest BCUT2D eigenvalue weighted by atomic mass is 35.5. The van der Waals surface area contributed by atoms with Crippen LogP contribution in [0.2, 0.25) is 5.02 Å². The van der Waals surface area contributed by atoms with E-state index in [4.69, 9.17) is 16.3 Å². The number of halogens is 1. The third-order valence-electron chi connectivity index (χ3n) is 4.09. The zero-order valence-electron chi connectivity index (χ0n) is 13.3. The molecule has 1 atom stereocenters. The summed E-state index contributed by atoms with van der Waals surface area (Å²) in [6.07, 6.45) is 1.25. The molecule has 0 saturated carbocycles. The van der Waals surface area contributed by atoms with Gasteiger partial charge in [-0.25, -0.2) is 8.42 Å². The number of rotatable bonds is 5. The molecule has 5 nitrogen and oxygen atoms in total. The van der Waals surface area contributed by atoms with Gasteiger partial charge in [-0.2, -0.15) is 0 Å². The number of hydrogen-bond acceptors (Lipinski definition) is 4. The van der Waals surface area contributed by atoms with Gasteiger partial charge < -0.3 is 9.64 Å². The first-order chi connectivity index (χ1) is 11.5. The average Bonchev–Trinajstić information content (AvgIpc) is 3.04. The summed E-state index contributed by atoms with van der Waals surface area (Å²) in [5, 5.41) is 0.198. The second kappa shape index (κ2) is 7.01. The predicted molar refractivity (Wildman–Crippen MR) is 96.3 cm³/mol. The lowest BCUT2D eigenvalue weighted by molar-refractivity contribution is 0.121. The highest BCUT2D eigenvalue weighted by Crippen LogP contribution is 2.26. The third-order valence-corrected chi connectivity index (χ3v) is 5.97. The molecule has 0 radical (unpaired) electrons. The molecule has 3 rings (SSSR count). The topological polar surface area (TPSA) is 58.6 Å². The van der Waals surface area contributed by atoms with Crippen molar-refractivity contribution in [2.75, 3.05) is 29.8 Å². The van der Waals surface area contributed by atoms with E-state index in [1.807, 2.05) is 12.1 Å². The van der Waals surface area contributed by atoms with Gasteiger partial charge >= 0.3 is 0 Å². The Morgan fingerprint density at radius 1 is 1.17 bits per heavy atom. The van der Waals surface area contributed by atoms with Gasteiger partial charge in [0.15, 0.2) is 0 Å². The predicted octanol–water partition coefficient (Wildman–Crippen LogP) is 3.37. The number of anilines is 2. The van der Waals surface area contributed by atoms with E-state index in [9.17, 15) is 8.42 Å². The van der Waals surface area contributed by atoms with E-state index in [1.54, 1.807) is 37.4 Å². The van der Waals surface area contributed by atoms with Crippen LogP contribution < -0.4 is 9.62 Å². The lowest BCUT2D eigenvalue weighted by Crippen LogP contribution is -2.22. The summed E-state index contributed by atoms with van der Waals surface area (Å²) in [4.78, 5) is 2.29. The zero-order chi connectivity index (χ0) is 17.2. The van der Waals surface area contributed by atoms with Crippen LogP contribution in [0.15, 0.2) is 53.4 Å². The number of nitrogens with zero attached hydrogens (tertiary/aromatic N) is 1. The molecule has 1 aliphatic rings. The summed E-state index contributed by atoms with van der Waals surface area (Å²) >= 11 is 5.98. The lowest BCUT2D eigenvalue weighted by Gasteiger charge is -2.19. The molecule has 0 amide bonds. The van der Waals surface area contributed by atoms with Crippen LogP contribution in [-0.2, 0) is 14.8 Å². The maximum absolute atomic E-state index is 12.4. The Hall–Kier alpha value is -1.76. The highest BCUT2D eigenvalue weighted by Gasteiger charge is 2.22. The van der Waals surface area contributed by atoms with E-state index in [2.05, 4.69) is 9.62 Å². The van der Waals surface area contributed by atoms with Crippen LogP contribution in [0.1, 0.15) is 6.42 Å². The number of sulfonamides is 1. The Kier molecular flexibility index (Phi) is 4.99. The average molecular weight is 367 g/mol. The van der Waals surface area contributed by atoms with Gasteiger partial charge in [-0.15, -0.1) is 0 Å². The van der Waals surface area contributed by atoms with Gasteiger partial charge in [0.05, 0.1) is 11.1 Å². The molecule has 1 heterocycles. The van der Waals surface area contributed by atoms with Gasteiger partial charge in [0.25, 0.3) is 10.0 Å². The van der Waals surface area contributed by atoms with Crippen molar-refractivity contribution in [2.24, 2.45) is 0 Å². The van der Waals surface area contributed by atoms with E-state index in [1.165, 1.54) is 6.07 Å². The van der Waals surface area contributed by atoms with Crippen molar-refractivity contribution in [3.8, 4) is 0 Å². The third kappa shape index (κ3) is 3.66. The summed E-state index contributed by atoms with van der Waals surface area (Å²) in [6.45, 7) is 1.78. The van der Waals surface area contributed by atoms with Gasteiger partial charge in [0.2, 0.25) is 0 Å². The Morgan fingerprint density at radius 3 is 2.50 bits per heavy atom. The molecule has 24 heavy (non-hydrogen) atoms. The number of nitrogens with one attached hydrogen (secondary N) is 1. The van der Waals surface area contributed by atoms with E-state index >= 15 is 0 Å². The summed E-state index contributed by atoms with van der Waals surface area (Å²) in [6, 6.07) is 13.7. The van der Waals surface area contributed by atoms with Gasteiger partial charge in [-0.3, -0.25) is 4.72 Å². The van der Waals surface area contributed by atoms with Crippen LogP contribution in [-0.4, -0.2) is 34.7 Å². The van der Waals surface area contributed by atoms with E-state index in [0.29, 0.717) is 5.69 Å². The molecule has 2 aromatic carbocycles. The van der Waals surface area contributed by atoms with Crippen LogP contribution in [0, 0.1) is 0 Å². The van der Waals surface area contributed by atoms with Gasteiger partial charge in [0, 0.05) is 31.6 Å². The summed E-state index contributed by atoms with van der Waals surface area (Å²) in [5.74, 6) is 0. The normalized spacial score (nSPS) is 17.9. The first kappa shape index (κ1) is 17.1. The molecule has 1 fully saturated rings. The number of benzene rings is 2. The Morgan fingerprint density at radius 2 is 1.88 bits per heavy atom. The lowest BCUT2D eigenvalue weighted by atomic mass is 10.2. The van der Waals surface area contributed by atoms with Crippen LogP contribution in [0.4, 0.5) is 11.4 Å². The van der Waals surface area contributed by atoms with E-state index in [-0.39, 0.29) is 16.0 Å². The van der Waals surface area contributed by atoms with E-state index < -0.39 is 10.0 Å². The second-order valence-corrected chi connectivity index (χ2v) is 7.73. The first-order valence-corrected chi connectivity index (χ1v) is 9.51. The van der Waals surface area contributed by atoms with Crippen molar-refractivity contribution in [3.63, 3.8) is 0 Å². The Bertz CT molecular complexity index is 809. The molecule has 2 aromatic rings.